The standard InChI is InChI=1S/C19H15N3O4/c1-12-2-4-13(5-3-12)18-17(11-20)21(23)16-10-14(19-25-8-9-26-19)6-7-15(16)22(18)24/h2-7,10,19H,8-9H2,1H3. The highest BCUT2D eigenvalue weighted by Crippen LogP contribution is 2.26. The van der Waals surface area contributed by atoms with Gasteiger partial charge in [0.25, 0.3) is 11.0 Å². The minimum absolute atomic E-state index is 0.0381. The Labute approximate surface area is 149 Å². The molecule has 1 aromatic heterocycles. The van der Waals surface area contributed by atoms with Crippen LogP contribution in [-0.2, 0) is 9.47 Å². The zero-order valence-corrected chi connectivity index (χ0v) is 14.0. The van der Waals surface area contributed by atoms with Crippen LogP contribution in [0, 0.1) is 28.7 Å². The summed E-state index contributed by atoms with van der Waals surface area (Å²) in [6.07, 6.45) is -0.568. The Hall–Kier alpha value is -3.21. The summed E-state index contributed by atoms with van der Waals surface area (Å²) in [5.74, 6) is 0. The summed E-state index contributed by atoms with van der Waals surface area (Å²) in [7, 11) is 0. The third kappa shape index (κ3) is 2.52. The molecule has 1 aliphatic rings. The van der Waals surface area contributed by atoms with Crippen LogP contribution in [0.3, 0.4) is 0 Å². The molecule has 0 unspecified atom stereocenters. The normalized spacial score (nSPS) is 14.6. The smallest absolute Gasteiger partial charge is 0.369 e. The maximum absolute atomic E-state index is 12.9. The lowest BCUT2D eigenvalue weighted by Gasteiger charge is -2.13. The van der Waals surface area contributed by atoms with Crippen molar-refractivity contribution in [2.24, 2.45) is 0 Å². The average Bonchev–Trinajstić information content (AvgIpc) is 3.20. The summed E-state index contributed by atoms with van der Waals surface area (Å²) >= 11 is 0. The van der Waals surface area contributed by atoms with E-state index in [9.17, 15) is 15.7 Å². The molecule has 0 amide bonds. The van der Waals surface area contributed by atoms with Crippen molar-refractivity contribution >= 4 is 11.0 Å². The zero-order valence-electron chi connectivity index (χ0n) is 14.0. The van der Waals surface area contributed by atoms with Gasteiger partial charge in [0.15, 0.2) is 12.4 Å². The van der Waals surface area contributed by atoms with Gasteiger partial charge in [-0.1, -0.05) is 17.7 Å². The van der Waals surface area contributed by atoms with Crippen molar-refractivity contribution in [2.75, 3.05) is 13.2 Å². The predicted molar refractivity (Wildman–Crippen MR) is 91.4 cm³/mol. The molecule has 3 aromatic rings. The molecule has 0 bridgehead atoms. The van der Waals surface area contributed by atoms with E-state index in [0.717, 1.165) is 5.56 Å². The highest BCUT2D eigenvalue weighted by Gasteiger charge is 2.31. The van der Waals surface area contributed by atoms with Crippen molar-refractivity contribution in [3.63, 3.8) is 0 Å². The molecule has 4 rings (SSSR count). The van der Waals surface area contributed by atoms with Crippen LogP contribution in [0.15, 0.2) is 42.5 Å². The van der Waals surface area contributed by atoms with Crippen molar-refractivity contribution in [1.82, 2.24) is 0 Å². The van der Waals surface area contributed by atoms with Gasteiger partial charge in [0.1, 0.15) is 0 Å². The molecular formula is C19H15N3O4. The van der Waals surface area contributed by atoms with Crippen LogP contribution >= 0.6 is 0 Å². The fraction of sp³-hybridized carbons (Fsp3) is 0.211. The first kappa shape index (κ1) is 16.3. The number of nitriles is 1. The second kappa shape index (κ2) is 6.26. The number of aryl methyl sites for hydroxylation is 1. The molecule has 130 valence electrons. The molecule has 26 heavy (non-hydrogen) atoms. The fourth-order valence-electron chi connectivity index (χ4n) is 3.07. The summed E-state index contributed by atoms with van der Waals surface area (Å²) in [5, 5.41) is 35.2. The van der Waals surface area contributed by atoms with Gasteiger partial charge in [0.2, 0.25) is 0 Å². The van der Waals surface area contributed by atoms with Crippen LogP contribution in [0.2, 0.25) is 0 Å². The van der Waals surface area contributed by atoms with Crippen molar-refractivity contribution in [2.45, 2.75) is 13.2 Å². The SMILES string of the molecule is Cc1ccc(-c2c(C#N)[n+]([O-])c3cc(C4OCCO4)ccc3[n+]2[O-])cc1. The largest absolute Gasteiger partial charge is 0.617 e. The summed E-state index contributed by atoms with van der Waals surface area (Å²) in [6, 6.07) is 13.7. The molecule has 2 heterocycles. The first-order valence-corrected chi connectivity index (χ1v) is 8.13. The van der Waals surface area contributed by atoms with E-state index in [0.29, 0.717) is 33.8 Å². The number of rotatable bonds is 2. The van der Waals surface area contributed by atoms with Gasteiger partial charge in [-0.25, -0.2) is 0 Å². The van der Waals surface area contributed by atoms with Crippen molar-refractivity contribution in [1.29, 1.82) is 5.26 Å². The first-order valence-electron chi connectivity index (χ1n) is 8.13. The monoisotopic (exact) mass is 349 g/mol. The number of hydrogen-bond donors (Lipinski definition) is 0. The van der Waals surface area contributed by atoms with Crippen LogP contribution < -0.4 is 9.46 Å². The highest BCUT2D eigenvalue weighted by molar-refractivity contribution is 5.72. The number of hydrogen-bond acceptors (Lipinski definition) is 5. The van der Waals surface area contributed by atoms with E-state index in [1.165, 1.54) is 6.07 Å². The maximum Gasteiger partial charge on any atom is 0.369 e. The average molecular weight is 349 g/mol. The highest BCUT2D eigenvalue weighted by atomic mass is 16.7. The molecule has 0 spiro atoms. The summed E-state index contributed by atoms with van der Waals surface area (Å²) in [5.41, 5.74) is 2.23. The quantitative estimate of drug-likeness (QED) is 0.521. The second-order valence-corrected chi connectivity index (χ2v) is 6.09. The third-order valence-corrected chi connectivity index (χ3v) is 4.39. The lowest BCUT2D eigenvalue weighted by Crippen LogP contribution is -2.43. The Bertz CT molecular complexity index is 1040. The van der Waals surface area contributed by atoms with Crippen LogP contribution in [-0.4, -0.2) is 13.2 Å². The second-order valence-electron chi connectivity index (χ2n) is 6.09. The Kier molecular flexibility index (Phi) is 3.92. The molecule has 1 fully saturated rings. The molecule has 0 atom stereocenters. The van der Waals surface area contributed by atoms with E-state index in [1.54, 1.807) is 24.3 Å². The molecule has 2 aromatic carbocycles. The van der Waals surface area contributed by atoms with Gasteiger partial charge in [0.05, 0.1) is 18.8 Å². The van der Waals surface area contributed by atoms with Crippen LogP contribution in [0.25, 0.3) is 22.3 Å². The number of aromatic nitrogens is 2. The Morgan fingerprint density at radius 2 is 1.69 bits per heavy atom. The zero-order chi connectivity index (χ0) is 18.3. The topological polar surface area (TPSA) is 96.1 Å². The van der Waals surface area contributed by atoms with Crippen molar-refractivity contribution < 1.29 is 18.9 Å². The molecule has 0 N–H and O–H groups in total. The first-order chi connectivity index (χ1) is 12.6. The Morgan fingerprint density at radius 1 is 1.00 bits per heavy atom. The third-order valence-electron chi connectivity index (χ3n) is 4.39. The Balaban J connectivity index is 1.97. The molecule has 1 saturated heterocycles. The number of nitrogens with zero attached hydrogens (tertiary/aromatic N) is 3. The Morgan fingerprint density at radius 3 is 2.35 bits per heavy atom. The molecule has 7 heteroatoms. The summed E-state index contributed by atoms with van der Waals surface area (Å²) < 4.78 is 12.0. The lowest BCUT2D eigenvalue weighted by molar-refractivity contribution is -0.622. The molecular weight excluding hydrogens is 334 g/mol. The van der Waals surface area contributed by atoms with Gasteiger partial charge in [-0.05, 0) is 25.1 Å². The van der Waals surface area contributed by atoms with Gasteiger partial charge < -0.3 is 19.9 Å². The molecule has 0 saturated carbocycles. The van der Waals surface area contributed by atoms with Crippen molar-refractivity contribution in [3.8, 4) is 17.3 Å². The number of benzene rings is 2. The van der Waals surface area contributed by atoms with E-state index in [-0.39, 0.29) is 22.4 Å². The van der Waals surface area contributed by atoms with Gasteiger partial charge in [-0.2, -0.15) is 9.99 Å². The van der Waals surface area contributed by atoms with Gasteiger partial charge in [-0.15, -0.1) is 4.73 Å². The molecule has 1 aliphatic heterocycles. The van der Waals surface area contributed by atoms with E-state index in [1.807, 2.05) is 25.1 Å². The number of fused-ring (bicyclic) bond motifs is 1. The number of ether oxygens (including phenoxy) is 2. The minimum Gasteiger partial charge on any atom is -0.617 e. The van der Waals surface area contributed by atoms with Crippen LogP contribution in [0.1, 0.15) is 23.1 Å². The lowest BCUT2D eigenvalue weighted by atomic mass is 10.1. The molecule has 7 nitrogen and oxygen atoms in total. The summed E-state index contributed by atoms with van der Waals surface area (Å²) in [4.78, 5) is 0. The minimum atomic E-state index is -0.568. The van der Waals surface area contributed by atoms with Crippen LogP contribution in [0.5, 0.6) is 0 Å². The van der Waals surface area contributed by atoms with Gasteiger partial charge >= 0.3 is 11.4 Å². The van der Waals surface area contributed by atoms with E-state index < -0.39 is 6.29 Å². The fourth-order valence-corrected chi connectivity index (χ4v) is 3.07. The van der Waals surface area contributed by atoms with Crippen molar-refractivity contribution in [3.05, 3.63) is 69.7 Å². The van der Waals surface area contributed by atoms with Gasteiger partial charge in [-0.3, -0.25) is 0 Å². The van der Waals surface area contributed by atoms with Gasteiger partial charge in [0, 0.05) is 17.7 Å². The van der Waals surface area contributed by atoms with Crippen LogP contribution in [0.4, 0.5) is 0 Å². The molecule has 0 aliphatic carbocycles. The van der Waals surface area contributed by atoms with E-state index in [4.69, 9.17) is 9.47 Å². The maximum atomic E-state index is 12.9. The predicted octanol–water partition coefficient (Wildman–Crippen LogP) is 2.00. The molecule has 0 radical (unpaired) electrons. The van der Waals surface area contributed by atoms with E-state index >= 15 is 0 Å². The summed E-state index contributed by atoms with van der Waals surface area (Å²) in [6.45, 7) is 2.86. The van der Waals surface area contributed by atoms with E-state index in [2.05, 4.69) is 0 Å².